The second kappa shape index (κ2) is 7.84. The van der Waals surface area contributed by atoms with Gasteiger partial charge in [-0.25, -0.2) is 9.97 Å². The van der Waals surface area contributed by atoms with Gasteiger partial charge in [-0.15, -0.1) is 0 Å². The quantitative estimate of drug-likeness (QED) is 0.500. The summed E-state index contributed by atoms with van der Waals surface area (Å²) in [5.74, 6) is 1.18. The Kier molecular flexibility index (Phi) is 4.93. The van der Waals surface area contributed by atoms with Crippen molar-refractivity contribution in [3.63, 3.8) is 0 Å². The molecule has 0 bridgehead atoms. The molecule has 0 atom stereocenters. The minimum absolute atomic E-state index is 0.423. The van der Waals surface area contributed by atoms with E-state index in [1.54, 1.807) is 38.0 Å². The van der Waals surface area contributed by atoms with E-state index in [2.05, 4.69) is 15.0 Å². The van der Waals surface area contributed by atoms with E-state index in [-0.39, 0.29) is 0 Å². The summed E-state index contributed by atoms with van der Waals surface area (Å²) in [5, 5.41) is 8.06. The van der Waals surface area contributed by atoms with Crippen LogP contribution < -0.4 is 4.74 Å². The van der Waals surface area contributed by atoms with Gasteiger partial charge in [0.15, 0.2) is 0 Å². The molecule has 2 aromatic carbocycles. The van der Waals surface area contributed by atoms with Gasteiger partial charge in [-0.1, -0.05) is 24.3 Å². The maximum absolute atomic E-state index is 8.06. The molecular formula is C22H19N4O2+. The van der Waals surface area contributed by atoms with Crippen LogP contribution in [0.4, 0.5) is 0 Å². The van der Waals surface area contributed by atoms with Crippen LogP contribution >= 0.6 is 0 Å². The Balaban J connectivity index is 1.64. The molecule has 0 unspecified atom stereocenters. The zero-order chi connectivity index (χ0) is 19.3. The van der Waals surface area contributed by atoms with E-state index in [0.717, 1.165) is 34.0 Å². The van der Waals surface area contributed by atoms with Crippen LogP contribution in [0.1, 0.15) is 11.4 Å². The van der Waals surface area contributed by atoms with E-state index in [1.807, 2.05) is 42.5 Å². The SMILES string of the molecule is COc1ccccc1-c1cncc(Cc2cncc(-c3ccccc3[OH2+])n2)n1. The van der Waals surface area contributed by atoms with Gasteiger partial charge in [0.1, 0.15) is 5.75 Å². The first-order valence-corrected chi connectivity index (χ1v) is 8.81. The van der Waals surface area contributed by atoms with Crippen LogP contribution in [0.15, 0.2) is 73.3 Å². The highest BCUT2D eigenvalue weighted by molar-refractivity contribution is 5.67. The van der Waals surface area contributed by atoms with Crippen LogP contribution in [0.2, 0.25) is 0 Å². The third-order valence-electron chi connectivity index (χ3n) is 4.32. The topological polar surface area (TPSA) is 83.7 Å². The highest BCUT2D eigenvalue weighted by atomic mass is 16.5. The third kappa shape index (κ3) is 3.66. The van der Waals surface area contributed by atoms with E-state index in [0.29, 0.717) is 17.9 Å². The molecule has 138 valence electrons. The molecule has 0 aliphatic rings. The molecule has 2 N–H and O–H groups in total. The molecule has 4 aromatic rings. The summed E-state index contributed by atoms with van der Waals surface area (Å²) >= 11 is 0. The van der Waals surface area contributed by atoms with Crippen molar-refractivity contribution in [2.24, 2.45) is 0 Å². The number of rotatable bonds is 5. The third-order valence-corrected chi connectivity index (χ3v) is 4.32. The molecule has 0 aliphatic heterocycles. The second-order valence-corrected chi connectivity index (χ2v) is 6.21. The van der Waals surface area contributed by atoms with Crippen molar-refractivity contribution in [2.45, 2.75) is 6.42 Å². The van der Waals surface area contributed by atoms with Crippen molar-refractivity contribution >= 4 is 0 Å². The van der Waals surface area contributed by atoms with Crippen molar-refractivity contribution in [3.8, 4) is 34.0 Å². The summed E-state index contributed by atoms with van der Waals surface area (Å²) in [6.45, 7) is 0. The Hall–Kier alpha value is -3.80. The molecule has 6 heteroatoms. The second-order valence-electron chi connectivity index (χ2n) is 6.21. The highest BCUT2D eigenvalue weighted by Gasteiger charge is 2.12. The van der Waals surface area contributed by atoms with Crippen LogP contribution in [0.5, 0.6) is 11.5 Å². The Bertz CT molecular complexity index is 1110. The van der Waals surface area contributed by atoms with Crippen molar-refractivity contribution < 1.29 is 9.84 Å². The number of ether oxygens (including phenoxy) is 1. The Labute approximate surface area is 162 Å². The lowest BCUT2D eigenvalue weighted by Gasteiger charge is -2.09. The molecule has 0 saturated carbocycles. The molecule has 2 heterocycles. The van der Waals surface area contributed by atoms with Crippen LogP contribution in [-0.4, -0.2) is 32.2 Å². The van der Waals surface area contributed by atoms with Crippen molar-refractivity contribution in [1.29, 1.82) is 0 Å². The molecule has 2 aromatic heterocycles. The van der Waals surface area contributed by atoms with Crippen molar-refractivity contribution in [3.05, 3.63) is 84.7 Å². The van der Waals surface area contributed by atoms with Gasteiger partial charge in [-0.05, 0) is 18.2 Å². The molecule has 28 heavy (non-hydrogen) atoms. The average Bonchev–Trinajstić information content (AvgIpc) is 2.74. The van der Waals surface area contributed by atoms with Crippen molar-refractivity contribution in [1.82, 2.24) is 19.9 Å². The summed E-state index contributed by atoms with van der Waals surface area (Å²) in [6.07, 6.45) is 7.34. The van der Waals surface area contributed by atoms with Crippen molar-refractivity contribution in [2.75, 3.05) is 7.11 Å². The van der Waals surface area contributed by atoms with Gasteiger partial charge in [0.25, 0.3) is 5.75 Å². The zero-order valence-electron chi connectivity index (χ0n) is 15.3. The fraction of sp³-hybridized carbons (Fsp3) is 0.0909. The number of hydrogen-bond acceptors (Lipinski definition) is 5. The summed E-state index contributed by atoms with van der Waals surface area (Å²) < 4.78 is 5.43. The summed E-state index contributed by atoms with van der Waals surface area (Å²) in [4.78, 5) is 18.0. The molecule has 6 nitrogen and oxygen atoms in total. The first-order chi connectivity index (χ1) is 13.7. The molecule has 4 rings (SSSR count). The Morgan fingerprint density at radius 3 is 1.96 bits per heavy atom. The lowest BCUT2D eigenvalue weighted by Crippen LogP contribution is -2.00. The Morgan fingerprint density at radius 2 is 1.32 bits per heavy atom. The lowest BCUT2D eigenvalue weighted by atomic mass is 10.1. The molecule has 0 saturated heterocycles. The molecule has 0 spiro atoms. The number of para-hydroxylation sites is 2. The Morgan fingerprint density at radius 1 is 0.750 bits per heavy atom. The summed E-state index contributed by atoms with van der Waals surface area (Å²) in [6, 6.07) is 15.1. The van der Waals surface area contributed by atoms with E-state index in [4.69, 9.17) is 14.8 Å². The fourth-order valence-electron chi connectivity index (χ4n) is 2.99. The van der Waals surface area contributed by atoms with E-state index < -0.39 is 0 Å². The molecule has 0 aliphatic carbocycles. The van der Waals surface area contributed by atoms with Gasteiger partial charge in [-0.2, -0.15) is 0 Å². The monoisotopic (exact) mass is 371 g/mol. The van der Waals surface area contributed by atoms with E-state index in [1.165, 1.54) is 0 Å². The maximum atomic E-state index is 8.06. The first kappa shape index (κ1) is 17.6. The van der Waals surface area contributed by atoms with Gasteiger partial charge in [0.2, 0.25) is 0 Å². The van der Waals surface area contributed by atoms with Gasteiger partial charge < -0.3 is 9.84 Å². The van der Waals surface area contributed by atoms with Gasteiger partial charge >= 0.3 is 0 Å². The molecule has 0 fully saturated rings. The fourth-order valence-corrected chi connectivity index (χ4v) is 2.99. The van der Waals surface area contributed by atoms with Crippen LogP contribution in [0, 0.1) is 0 Å². The molecule has 0 amide bonds. The zero-order valence-corrected chi connectivity index (χ0v) is 15.3. The normalized spacial score (nSPS) is 10.6. The average molecular weight is 371 g/mol. The standard InChI is InChI=1S/C22H18N4O2/c1-28-22-9-5-3-7-18(22)20-14-24-12-16(26-20)10-15-11-23-13-19(25-15)17-6-2-4-8-21(17)27/h2-9,11-14,27H,10H2,1H3/p+1. The first-order valence-electron chi connectivity index (χ1n) is 8.81. The largest absolute Gasteiger partial charge is 0.593 e. The minimum Gasteiger partial charge on any atom is -0.593 e. The van der Waals surface area contributed by atoms with Gasteiger partial charge in [0, 0.05) is 30.4 Å². The number of aromatic nitrogens is 4. The predicted molar refractivity (Wildman–Crippen MR) is 107 cm³/mol. The highest BCUT2D eigenvalue weighted by Crippen LogP contribution is 2.28. The number of hydrogen-bond donors (Lipinski definition) is 0. The van der Waals surface area contributed by atoms with Gasteiger partial charge in [-0.3, -0.25) is 9.97 Å². The number of nitrogens with zero attached hydrogens (tertiary/aromatic N) is 4. The molecule has 0 radical (unpaired) electrons. The van der Waals surface area contributed by atoms with Crippen LogP contribution in [0.3, 0.4) is 0 Å². The summed E-state index contributed by atoms with van der Waals surface area (Å²) in [7, 11) is 1.64. The lowest BCUT2D eigenvalue weighted by molar-refractivity contribution is 0.416. The number of benzene rings is 2. The maximum Gasteiger partial charge on any atom is 0.263 e. The predicted octanol–water partition coefficient (Wildman–Crippen LogP) is 3.64. The number of methoxy groups -OCH3 is 1. The van der Waals surface area contributed by atoms with Crippen LogP contribution in [-0.2, 0) is 6.42 Å². The van der Waals surface area contributed by atoms with E-state index in [9.17, 15) is 0 Å². The molecular weight excluding hydrogens is 352 g/mol. The van der Waals surface area contributed by atoms with Crippen LogP contribution in [0.25, 0.3) is 22.5 Å². The minimum atomic E-state index is 0.423. The van der Waals surface area contributed by atoms with E-state index >= 15 is 0 Å². The van der Waals surface area contributed by atoms with Gasteiger partial charge in [0.05, 0.1) is 47.8 Å². The summed E-state index contributed by atoms with van der Waals surface area (Å²) in [5.41, 5.74) is 4.63. The smallest absolute Gasteiger partial charge is 0.263 e.